The van der Waals surface area contributed by atoms with Crippen molar-refractivity contribution in [2.45, 2.75) is 0 Å². The molecule has 0 aliphatic heterocycles. The molecule has 5 rings (SSSR count). The molecule has 2 aromatic heterocycles. The standard InChI is InChI=1S/C18H10INS/c19-20-15-7-3-1-5-11(15)13-9-10-14-12-6-2-4-8-16(12)21-18(14)17(13)20/h1-10H. The lowest BCUT2D eigenvalue weighted by atomic mass is 10.1. The van der Waals surface area contributed by atoms with Gasteiger partial charge in [0.1, 0.15) is 0 Å². The van der Waals surface area contributed by atoms with E-state index in [2.05, 4.69) is 86.3 Å². The number of nitrogens with zero attached hydrogens (tertiary/aromatic N) is 1. The fraction of sp³-hybridized carbons (Fsp3) is 0. The lowest BCUT2D eigenvalue weighted by molar-refractivity contribution is 1.52. The SMILES string of the molecule is In1c2ccccc2c2ccc3c4ccccc4sc3c21. The normalized spacial score (nSPS) is 12.0. The summed E-state index contributed by atoms with van der Waals surface area (Å²) in [7, 11) is 0. The predicted molar refractivity (Wildman–Crippen MR) is 102 cm³/mol. The topological polar surface area (TPSA) is 4.93 Å². The Balaban J connectivity index is 2.14. The minimum atomic E-state index is 1.29. The van der Waals surface area contributed by atoms with Crippen LogP contribution in [0.3, 0.4) is 0 Å². The fourth-order valence-corrected chi connectivity index (χ4v) is 5.51. The molecule has 0 radical (unpaired) electrons. The van der Waals surface area contributed by atoms with E-state index in [1.807, 2.05) is 11.3 Å². The van der Waals surface area contributed by atoms with Gasteiger partial charge in [-0.3, -0.25) is 2.78 Å². The van der Waals surface area contributed by atoms with Crippen molar-refractivity contribution >= 4 is 76.2 Å². The van der Waals surface area contributed by atoms with Crippen molar-refractivity contribution in [1.82, 2.24) is 2.78 Å². The average molecular weight is 399 g/mol. The molecule has 3 aromatic carbocycles. The molecule has 0 amide bonds. The number of hydrogen-bond acceptors (Lipinski definition) is 1. The van der Waals surface area contributed by atoms with E-state index in [4.69, 9.17) is 0 Å². The number of rotatable bonds is 0. The van der Waals surface area contributed by atoms with E-state index in [0.29, 0.717) is 0 Å². The zero-order valence-corrected chi connectivity index (χ0v) is 14.0. The zero-order chi connectivity index (χ0) is 14.0. The maximum atomic E-state index is 2.43. The third-order valence-electron chi connectivity index (χ3n) is 4.12. The smallest absolute Gasteiger partial charge is 0.0768 e. The van der Waals surface area contributed by atoms with E-state index in [0.717, 1.165) is 0 Å². The van der Waals surface area contributed by atoms with Gasteiger partial charge in [-0.25, -0.2) is 0 Å². The van der Waals surface area contributed by atoms with Crippen molar-refractivity contribution in [3.8, 4) is 0 Å². The summed E-state index contributed by atoms with van der Waals surface area (Å²) in [5, 5.41) is 5.41. The Kier molecular flexibility index (Phi) is 2.41. The molecule has 5 aromatic rings. The van der Waals surface area contributed by atoms with Crippen LogP contribution in [0, 0.1) is 0 Å². The highest BCUT2D eigenvalue weighted by molar-refractivity contribution is 14.1. The van der Waals surface area contributed by atoms with Crippen LogP contribution >= 0.6 is 34.2 Å². The Labute approximate surface area is 139 Å². The first-order valence-corrected chi connectivity index (χ1v) is 8.62. The average Bonchev–Trinajstić information content (AvgIpc) is 3.04. The maximum Gasteiger partial charge on any atom is 0.0768 e. The largest absolute Gasteiger partial charge is 0.280 e. The molecule has 1 nitrogen and oxygen atoms in total. The molecule has 2 heterocycles. The third-order valence-corrected chi connectivity index (χ3v) is 6.32. The second kappa shape index (κ2) is 4.21. The molecule has 0 saturated carbocycles. The number of aromatic nitrogens is 1. The minimum absolute atomic E-state index is 1.29. The van der Waals surface area contributed by atoms with Gasteiger partial charge in [0.15, 0.2) is 0 Å². The molecule has 0 saturated heterocycles. The van der Waals surface area contributed by atoms with Gasteiger partial charge in [0.25, 0.3) is 0 Å². The second-order valence-corrected chi connectivity index (χ2v) is 7.25. The van der Waals surface area contributed by atoms with Crippen LogP contribution in [0.1, 0.15) is 0 Å². The molecule has 0 spiro atoms. The molecular formula is C18H10INS. The van der Waals surface area contributed by atoms with Crippen molar-refractivity contribution in [1.29, 1.82) is 0 Å². The van der Waals surface area contributed by atoms with Crippen LogP contribution in [-0.4, -0.2) is 2.78 Å². The molecule has 3 heteroatoms. The Bertz CT molecular complexity index is 1150. The van der Waals surface area contributed by atoms with Crippen molar-refractivity contribution in [3.63, 3.8) is 0 Å². The second-order valence-electron chi connectivity index (χ2n) is 5.23. The van der Waals surface area contributed by atoms with Gasteiger partial charge in [0.2, 0.25) is 0 Å². The van der Waals surface area contributed by atoms with Gasteiger partial charge in [-0.1, -0.05) is 48.5 Å². The monoisotopic (exact) mass is 399 g/mol. The van der Waals surface area contributed by atoms with Crippen LogP contribution < -0.4 is 0 Å². The Morgan fingerprint density at radius 3 is 2.33 bits per heavy atom. The maximum absolute atomic E-state index is 2.43. The number of para-hydroxylation sites is 1. The predicted octanol–water partition coefficient (Wildman–Crippen LogP) is 6.36. The molecule has 0 atom stereocenters. The van der Waals surface area contributed by atoms with E-state index in [-0.39, 0.29) is 0 Å². The lowest BCUT2D eigenvalue weighted by Crippen LogP contribution is -1.77. The van der Waals surface area contributed by atoms with Crippen molar-refractivity contribution in [3.05, 3.63) is 60.7 Å². The Hall–Kier alpha value is -1.59. The summed E-state index contributed by atoms with van der Waals surface area (Å²) < 4.78 is 5.06. The number of halogens is 1. The summed E-state index contributed by atoms with van der Waals surface area (Å²) in [6, 6.07) is 21.9. The highest BCUT2D eigenvalue weighted by Gasteiger charge is 2.14. The van der Waals surface area contributed by atoms with Gasteiger partial charge in [0, 0.05) is 26.2 Å². The first-order valence-electron chi connectivity index (χ1n) is 6.84. The highest BCUT2D eigenvalue weighted by Crippen LogP contribution is 2.42. The fourth-order valence-electron chi connectivity index (χ4n) is 3.18. The number of benzene rings is 3. The van der Waals surface area contributed by atoms with E-state index in [1.165, 1.54) is 42.0 Å². The molecule has 100 valence electrons. The molecule has 0 fully saturated rings. The van der Waals surface area contributed by atoms with E-state index in [1.54, 1.807) is 0 Å². The zero-order valence-electron chi connectivity index (χ0n) is 11.0. The van der Waals surface area contributed by atoms with Crippen molar-refractivity contribution in [2.75, 3.05) is 0 Å². The molecule has 0 aliphatic carbocycles. The highest BCUT2D eigenvalue weighted by atomic mass is 127. The van der Waals surface area contributed by atoms with E-state index >= 15 is 0 Å². The van der Waals surface area contributed by atoms with Gasteiger partial charge >= 0.3 is 0 Å². The number of hydrogen-bond donors (Lipinski definition) is 0. The van der Waals surface area contributed by atoms with Crippen LogP contribution in [0.5, 0.6) is 0 Å². The van der Waals surface area contributed by atoms with Crippen molar-refractivity contribution < 1.29 is 0 Å². The van der Waals surface area contributed by atoms with E-state index in [9.17, 15) is 0 Å². The summed E-state index contributed by atoms with van der Waals surface area (Å²) in [6.45, 7) is 0. The van der Waals surface area contributed by atoms with Gasteiger partial charge in [0.05, 0.1) is 38.6 Å². The van der Waals surface area contributed by atoms with Crippen LogP contribution in [-0.2, 0) is 0 Å². The molecule has 0 N–H and O–H groups in total. The minimum Gasteiger partial charge on any atom is -0.280 e. The Morgan fingerprint density at radius 2 is 1.43 bits per heavy atom. The molecule has 0 bridgehead atoms. The molecule has 0 aliphatic rings. The first kappa shape index (κ1) is 12.0. The van der Waals surface area contributed by atoms with Gasteiger partial charge in [-0.15, -0.1) is 11.3 Å². The number of thiophene rings is 1. The third kappa shape index (κ3) is 1.50. The van der Waals surface area contributed by atoms with E-state index < -0.39 is 0 Å². The van der Waals surface area contributed by atoms with Crippen LogP contribution in [0.2, 0.25) is 0 Å². The van der Waals surface area contributed by atoms with Gasteiger partial charge in [-0.2, -0.15) is 0 Å². The van der Waals surface area contributed by atoms with Crippen LogP contribution in [0.4, 0.5) is 0 Å². The summed E-state index contributed by atoms with van der Waals surface area (Å²) in [5.74, 6) is 0. The van der Waals surface area contributed by atoms with Crippen LogP contribution in [0.15, 0.2) is 60.7 Å². The quantitative estimate of drug-likeness (QED) is 0.267. The van der Waals surface area contributed by atoms with Gasteiger partial charge < -0.3 is 0 Å². The summed E-state index contributed by atoms with van der Waals surface area (Å²) in [6.07, 6.45) is 0. The summed E-state index contributed by atoms with van der Waals surface area (Å²) in [4.78, 5) is 0. The molecule has 21 heavy (non-hydrogen) atoms. The first-order chi connectivity index (χ1) is 10.3. The van der Waals surface area contributed by atoms with Crippen LogP contribution in [0.25, 0.3) is 42.0 Å². The Morgan fingerprint density at radius 1 is 0.714 bits per heavy atom. The van der Waals surface area contributed by atoms with Gasteiger partial charge in [-0.05, 0) is 12.1 Å². The number of fused-ring (bicyclic) bond motifs is 7. The summed E-state index contributed by atoms with van der Waals surface area (Å²) >= 11 is 4.32. The van der Waals surface area contributed by atoms with Crippen molar-refractivity contribution in [2.24, 2.45) is 0 Å². The molecule has 0 unspecified atom stereocenters. The lowest BCUT2D eigenvalue weighted by Gasteiger charge is -1.97. The summed E-state index contributed by atoms with van der Waals surface area (Å²) in [5.41, 5.74) is 2.63. The molecular weight excluding hydrogens is 389 g/mol.